The zero-order valence-electron chi connectivity index (χ0n) is 19.4. The van der Waals surface area contributed by atoms with Gasteiger partial charge in [-0.3, -0.25) is 9.59 Å². The highest BCUT2D eigenvalue weighted by Crippen LogP contribution is 2.43. The first-order valence-electron chi connectivity index (χ1n) is 12.1. The lowest BCUT2D eigenvalue weighted by molar-refractivity contribution is -0.141. The average Bonchev–Trinajstić information content (AvgIpc) is 3.14. The highest BCUT2D eigenvalue weighted by Gasteiger charge is 2.49. The number of carbonyl (C=O) groups is 2. The summed E-state index contributed by atoms with van der Waals surface area (Å²) in [4.78, 5) is 28.5. The maximum Gasteiger partial charge on any atom is 0.295 e. The van der Waals surface area contributed by atoms with Gasteiger partial charge in [0.25, 0.3) is 11.7 Å². The van der Waals surface area contributed by atoms with E-state index in [1.807, 2.05) is 67.6 Å². The van der Waals surface area contributed by atoms with Gasteiger partial charge in [0.05, 0.1) is 18.2 Å². The molecule has 0 bridgehead atoms. The Kier molecular flexibility index (Phi) is 6.10. The maximum absolute atomic E-state index is 13.4. The van der Waals surface area contributed by atoms with Crippen LogP contribution < -0.4 is 4.74 Å². The molecule has 1 saturated carbocycles. The second kappa shape index (κ2) is 9.34. The summed E-state index contributed by atoms with van der Waals surface area (Å²) in [5.74, 6) is -0.599. The van der Waals surface area contributed by atoms with Crippen molar-refractivity contribution < 1.29 is 19.4 Å². The van der Waals surface area contributed by atoms with Crippen LogP contribution in [0.4, 0.5) is 0 Å². The number of benzene rings is 3. The molecule has 34 heavy (non-hydrogen) atoms. The third kappa shape index (κ3) is 3.96. The van der Waals surface area contributed by atoms with Gasteiger partial charge >= 0.3 is 0 Å². The van der Waals surface area contributed by atoms with Gasteiger partial charge in [-0.15, -0.1) is 0 Å². The largest absolute Gasteiger partial charge is 0.507 e. The minimum atomic E-state index is -0.644. The number of nitrogens with zero attached hydrogens (tertiary/aromatic N) is 1. The molecule has 1 saturated heterocycles. The van der Waals surface area contributed by atoms with Crippen molar-refractivity contribution in [2.75, 3.05) is 6.61 Å². The number of carbonyl (C=O) groups excluding carboxylic acids is 2. The molecule has 5 rings (SSSR count). The van der Waals surface area contributed by atoms with E-state index in [1.54, 1.807) is 11.0 Å². The Hall–Kier alpha value is -3.60. The van der Waals surface area contributed by atoms with Gasteiger partial charge < -0.3 is 14.7 Å². The topological polar surface area (TPSA) is 66.8 Å². The molecule has 1 N–H and O–H groups in total. The molecule has 2 aliphatic rings. The summed E-state index contributed by atoms with van der Waals surface area (Å²) >= 11 is 0. The number of ether oxygens (including phenoxy) is 1. The predicted molar refractivity (Wildman–Crippen MR) is 133 cm³/mol. The van der Waals surface area contributed by atoms with Crippen molar-refractivity contribution in [2.24, 2.45) is 0 Å². The Balaban J connectivity index is 1.67. The van der Waals surface area contributed by atoms with Crippen LogP contribution in [0.15, 0.2) is 72.3 Å². The molecule has 5 heteroatoms. The number of hydrogen-bond acceptors (Lipinski definition) is 4. The summed E-state index contributed by atoms with van der Waals surface area (Å²) in [7, 11) is 0. The standard InChI is InChI=1S/C29H29NO4/c1-2-34-24-14-8-11-21(18-24)26-25(28(32)29(33)30(26)23-12-4-3-5-13-23)27(31)22-16-15-19-9-6-7-10-20(19)17-22/h6-11,14-18,23,26,31H,2-5,12-13H2,1H3/b27-25-. The minimum Gasteiger partial charge on any atom is -0.507 e. The summed E-state index contributed by atoms with van der Waals surface area (Å²) in [6, 6.07) is 20.3. The molecule has 3 aromatic rings. The smallest absolute Gasteiger partial charge is 0.295 e. The summed E-state index contributed by atoms with van der Waals surface area (Å²) in [5.41, 5.74) is 1.46. The lowest BCUT2D eigenvalue weighted by Gasteiger charge is -2.35. The van der Waals surface area contributed by atoms with E-state index in [-0.39, 0.29) is 17.4 Å². The van der Waals surface area contributed by atoms with Gasteiger partial charge in [-0.2, -0.15) is 0 Å². The van der Waals surface area contributed by atoms with Crippen molar-refractivity contribution >= 4 is 28.2 Å². The molecule has 0 radical (unpaired) electrons. The average molecular weight is 456 g/mol. The fourth-order valence-electron chi connectivity index (χ4n) is 5.35. The molecule has 3 aromatic carbocycles. The SMILES string of the molecule is CCOc1cccc(C2/C(=C(/O)c3ccc4ccccc4c3)C(=O)C(=O)N2C2CCCCC2)c1. The number of amides is 1. The molecule has 1 amide bonds. The Morgan fingerprint density at radius 3 is 2.47 bits per heavy atom. The van der Waals surface area contributed by atoms with Crippen LogP contribution in [0.3, 0.4) is 0 Å². The number of hydrogen-bond donors (Lipinski definition) is 1. The van der Waals surface area contributed by atoms with Crippen molar-refractivity contribution in [1.82, 2.24) is 4.90 Å². The van der Waals surface area contributed by atoms with E-state index < -0.39 is 17.7 Å². The third-order valence-electron chi connectivity index (χ3n) is 6.96. The van der Waals surface area contributed by atoms with E-state index in [0.29, 0.717) is 17.9 Å². The van der Waals surface area contributed by atoms with Crippen molar-refractivity contribution in [3.05, 3.63) is 83.4 Å². The van der Waals surface area contributed by atoms with E-state index in [4.69, 9.17) is 4.74 Å². The summed E-state index contributed by atoms with van der Waals surface area (Å²) < 4.78 is 5.70. The highest BCUT2D eigenvalue weighted by atomic mass is 16.5. The van der Waals surface area contributed by atoms with Crippen LogP contribution >= 0.6 is 0 Å². The summed E-state index contributed by atoms with van der Waals surface area (Å²) in [6.07, 6.45) is 4.94. The first-order chi connectivity index (χ1) is 16.6. The number of aliphatic hydroxyl groups is 1. The van der Waals surface area contributed by atoms with Gasteiger partial charge in [0, 0.05) is 11.6 Å². The van der Waals surface area contributed by atoms with E-state index >= 15 is 0 Å². The second-order valence-corrected chi connectivity index (χ2v) is 9.07. The highest BCUT2D eigenvalue weighted by molar-refractivity contribution is 6.46. The van der Waals surface area contributed by atoms with Crippen LogP contribution in [0.25, 0.3) is 16.5 Å². The Bertz CT molecular complexity index is 1270. The van der Waals surface area contributed by atoms with Crippen LogP contribution in [0, 0.1) is 0 Å². The van der Waals surface area contributed by atoms with Gasteiger partial charge in [0.2, 0.25) is 0 Å². The molecule has 1 unspecified atom stereocenters. The van der Waals surface area contributed by atoms with Crippen molar-refractivity contribution in [3.8, 4) is 5.75 Å². The monoisotopic (exact) mass is 455 g/mol. The quantitative estimate of drug-likeness (QED) is 0.291. The molecule has 1 atom stereocenters. The predicted octanol–water partition coefficient (Wildman–Crippen LogP) is 5.99. The first-order valence-corrected chi connectivity index (χ1v) is 12.1. The normalized spacial score (nSPS) is 20.7. The van der Waals surface area contributed by atoms with Crippen LogP contribution in [0.1, 0.15) is 56.2 Å². The number of likely N-dealkylation sites (tertiary alicyclic amines) is 1. The van der Waals surface area contributed by atoms with E-state index in [2.05, 4.69) is 0 Å². The lowest BCUT2D eigenvalue weighted by Crippen LogP contribution is -2.40. The molecule has 174 valence electrons. The summed E-state index contributed by atoms with van der Waals surface area (Å²) in [5, 5.41) is 13.4. The number of fused-ring (bicyclic) bond motifs is 1. The molecule has 1 aliphatic heterocycles. The van der Waals surface area contributed by atoms with Crippen LogP contribution in [-0.4, -0.2) is 34.3 Å². The third-order valence-corrected chi connectivity index (χ3v) is 6.96. The van der Waals surface area contributed by atoms with Gasteiger partial charge in [-0.25, -0.2) is 0 Å². The molecule has 2 fully saturated rings. The van der Waals surface area contributed by atoms with Crippen molar-refractivity contribution in [3.63, 3.8) is 0 Å². The maximum atomic E-state index is 13.4. The number of ketones is 1. The number of Topliss-reactive ketones (excluding diaryl/α,β-unsaturated/α-hetero) is 1. The lowest BCUT2D eigenvalue weighted by atomic mass is 9.90. The van der Waals surface area contributed by atoms with Crippen LogP contribution in [0.2, 0.25) is 0 Å². The van der Waals surface area contributed by atoms with E-state index in [1.165, 1.54) is 0 Å². The van der Waals surface area contributed by atoms with E-state index in [0.717, 1.165) is 48.4 Å². The molecule has 1 aliphatic carbocycles. The number of aliphatic hydroxyl groups excluding tert-OH is 1. The number of rotatable bonds is 5. The van der Waals surface area contributed by atoms with Gasteiger partial charge in [0.1, 0.15) is 11.5 Å². The van der Waals surface area contributed by atoms with E-state index in [9.17, 15) is 14.7 Å². The van der Waals surface area contributed by atoms with Gasteiger partial charge in [-0.1, -0.05) is 67.8 Å². The second-order valence-electron chi connectivity index (χ2n) is 9.07. The molecule has 1 heterocycles. The van der Waals surface area contributed by atoms with Gasteiger partial charge in [0.15, 0.2) is 0 Å². The van der Waals surface area contributed by atoms with Crippen LogP contribution in [-0.2, 0) is 9.59 Å². The molecular formula is C29H29NO4. The minimum absolute atomic E-state index is 0.0205. The fourth-order valence-corrected chi connectivity index (χ4v) is 5.35. The molecule has 0 aromatic heterocycles. The Labute approximate surface area is 199 Å². The Morgan fingerprint density at radius 1 is 0.941 bits per heavy atom. The zero-order valence-corrected chi connectivity index (χ0v) is 19.4. The first kappa shape index (κ1) is 22.2. The molecular weight excluding hydrogens is 426 g/mol. The zero-order chi connectivity index (χ0) is 23.7. The molecule has 0 spiro atoms. The van der Waals surface area contributed by atoms with Crippen molar-refractivity contribution in [1.29, 1.82) is 0 Å². The fraction of sp³-hybridized carbons (Fsp3) is 0.310. The van der Waals surface area contributed by atoms with Crippen LogP contribution in [0.5, 0.6) is 5.75 Å². The summed E-state index contributed by atoms with van der Waals surface area (Å²) in [6.45, 7) is 2.43. The molecule has 5 nitrogen and oxygen atoms in total. The Morgan fingerprint density at radius 2 is 1.71 bits per heavy atom. The van der Waals surface area contributed by atoms with Gasteiger partial charge in [-0.05, 0) is 54.3 Å². The van der Waals surface area contributed by atoms with Crippen molar-refractivity contribution in [2.45, 2.75) is 51.1 Å².